The summed E-state index contributed by atoms with van der Waals surface area (Å²) < 4.78 is 36.3. The van der Waals surface area contributed by atoms with E-state index in [2.05, 4.69) is 10.1 Å². The summed E-state index contributed by atoms with van der Waals surface area (Å²) in [7, 11) is 1.23. The molecule has 0 atom stereocenters. The number of anilines is 1. The summed E-state index contributed by atoms with van der Waals surface area (Å²) in [6.45, 7) is 1.64. The van der Waals surface area contributed by atoms with Crippen molar-refractivity contribution in [2.45, 2.75) is 20.0 Å². The Bertz CT molecular complexity index is 738. The molecule has 0 bridgehead atoms. The molecule has 128 valence electrons. The molecule has 0 aliphatic carbocycles. The largest absolute Gasteiger partial charge is 0.488 e. The van der Waals surface area contributed by atoms with E-state index >= 15 is 0 Å². The number of halogens is 3. The van der Waals surface area contributed by atoms with Gasteiger partial charge in [-0.05, 0) is 31.2 Å². The smallest absolute Gasteiger partial charge is 0.411 e. The monoisotopic (exact) mass is 355 g/mol. The second-order valence-electron chi connectivity index (χ2n) is 5.01. The summed E-state index contributed by atoms with van der Waals surface area (Å²) in [4.78, 5) is 11.4. The van der Waals surface area contributed by atoms with Crippen LogP contribution in [0.25, 0.3) is 0 Å². The van der Waals surface area contributed by atoms with Crippen molar-refractivity contribution in [1.29, 1.82) is 0 Å². The number of benzene rings is 2. The summed E-state index contributed by atoms with van der Waals surface area (Å²) in [5.41, 5.74) is 1.37. The predicted octanol–water partition coefficient (Wildman–Crippen LogP) is 5.34. The van der Waals surface area contributed by atoms with Crippen molar-refractivity contribution in [3.8, 4) is 5.75 Å². The number of aryl methyl sites for hydroxylation is 1. The molecule has 1 N–H and O–H groups in total. The van der Waals surface area contributed by atoms with E-state index < -0.39 is 12.5 Å². The first-order valence-electron chi connectivity index (χ1n) is 7.06. The van der Waals surface area contributed by atoms with Crippen molar-refractivity contribution in [3.63, 3.8) is 0 Å². The molecule has 2 aromatic rings. The van der Waals surface area contributed by atoms with Crippen LogP contribution in [0.1, 0.15) is 23.1 Å². The van der Waals surface area contributed by atoms with Gasteiger partial charge in [0.15, 0.2) is 0 Å². The molecule has 0 aliphatic rings. The standard InChI is InChI=1S/C17H16ClF2NO3/c1-10-6-7-15(11(8-10)16(19)20)24-9-12-13(18)4-3-5-14(12)21-17(22)23-2/h3-8,16H,9H2,1-2H3,(H,21,22). The van der Waals surface area contributed by atoms with Crippen molar-refractivity contribution >= 4 is 23.4 Å². The van der Waals surface area contributed by atoms with E-state index in [9.17, 15) is 13.6 Å². The van der Waals surface area contributed by atoms with Gasteiger partial charge in [0, 0.05) is 10.6 Å². The van der Waals surface area contributed by atoms with Crippen LogP contribution >= 0.6 is 11.6 Å². The molecule has 0 saturated heterocycles. The first-order chi connectivity index (χ1) is 11.4. The van der Waals surface area contributed by atoms with E-state index in [1.54, 1.807) is 31.2 Å². The molecule has 2 aromatic carbocycles. The van der Waals surface area contributed by atoms with Crippen LogP contribution in [0.4, 0.5) is 19.3 Å². The van der Waals surface area contributed by atoms with Crippen LogP contribution in [0.3, 0.4) is 0 Å². The fourth-order valence-corrected chi connectivity index (χ4v) is 2.33. The van der Waals surface area contributed by atoms with Gasteiger partial charge in [-0.15, -0.1) is 0 Å². The minimum atomic E-state index is -2.65. The van der Waals surface area contributed by atoms with Crippen molar-refractivity contribution < 1.29 is 23.0 Å². The third-order valence-corrected chi connectivity index (χ3v) is 3.67. The molecule has 7 heteroatoms. The highest BCUT2D eigenvalue weighted by molar-refractivity contribution is 6.31. The minimum absolute atomic E-state index is 0.0690. The summed E-state index contributed by atoms with van der Waals surface area (Å²) in [6, 6.07) is 9.42. The van der Waals surface area contributed by atoms with E-state index in [0.29, 0.717) is 21.8 Å². The lowest BCUT2D eigenvalue weighted by molar-refractivity contribution is 0.144. The van der Waals surface area contributed by atoms with Crippen molar-refractivity contribution in [2.24, 2.45) is 0 Å². The fourth-order valence-electron chi connectivity index (χ4n) is 2.10. The molecule has 0 aliphatic heterocycles. The molecule has 0 spiro atoms. The molecular formula is C17H16ClF2NO3. The van der Waals surface area contributed by atoms with E-state index in [4.69, 9.17) is 16.3 Å². The number of carbonyl (C=O) groups is 1. The van der Waals surface area contributed by atoms with Crippen LogP contribution in [0.2, 0.25) is 5.02 Å². The maximum atomic E-state index is 13.1. The van der Waals surface area contributed by atoms with Gasteiger partial charge in [-0.25, -0.2) is 13.6 Å². The highest BCUT2D eigenvalue weighted by Gasteiger charge is 2.16. The Kier molecular flexibility index (Phi) is 5.98. The Hall–Kier alpha value is -2.34. The lowest BCUT2D eigenvalue weighted by Gasteiger charge is -2.15. The molecule has 0 saturated carbocycles. The molecule has 1 amide bonds. The van der Waals surface area contributed by atoms with Crippen molar-refractivity contribution in [2.75, 3.05) is 12.4 Å². The number of methoxy groups -OCH3 is 1. The van der Waals surface area contributed by atoms with Gasteiger partial charge in [0.2, 0.25) is 0 Å². The zero-order valence-electron chi connectivity index (χ0n) is 13.1. The SMILES string of the molecule is COC(=O)Nc1cccc(Cl)c1COc1ccc(C)cc1C(F)F. The van der Waals surface area contributed by atoms with Crippen LogP contribution in [0.15, 0.2) is 36.4 Å². The maximum absolute atomic E-state index is 13.1. The molecule has 2 rings (SSSR count). The molecule has 0 heterocycles. The summed E-state index contributed by atoms with van der Waals surface area (Å²) in [5.74, 6) is 0.0690. The topological polar surface area (TPSA) is 47.6 Å². The fraction of sp³-hybridized carbons (Fsp3) is 0.235. The molecule has 4 nitrogen and oxygen atoms in total. The minimum Gasteiger partial charge on any atom is -0.488 e. The Morgan fingerprint density at radius 2 is 2.04 bits per heavy atom. The van der Waals surface area contributed by atoms with E-state index in [1.165, 1.54) is 19.2 Å². The normalized spacial score (nSPS) is 10.6. The lowest BCUT2D eigenvalue weighted by atomic mass is 10.1. The molecule has 0 fully saturated rings. The Labute approximate surface area is 143 Å². The zero-order valence-corrected chi connectivity index (χ0v) is 13.9. The number of amides is 1. The van der Waals surface area contributed by atoms with Crippen LogP contribution in [-0.2, 0) is 11.3 Å². The third kappa shape index (κ3) is 4.35. The third-order valence-electron chi connectivity index (χ3n) is 3.31. The van der Waals surface area contributed by atoms with Gasteiger partial charge in [0.05, 0.1) is 18.4 Å². The van der Waals surface area contributed by atoms with Crippen molar-refractivity contribution in [3.05, 3.63) is 58.1 Å². The Balaban J connectivity index is 2.25. The molecular weight excluding hydrogens is 340 g/mol. The number of rotatable bonds is 5. The zero-order chi connectivity index (χ0) is 17.7. The second-order valence-corrected chi connectivity index (χ2v) is 5.42. The summed E-state index contributed by atoms with van der Waals surface area (Å²) in [6.07, 6.45) is -3.32. The van der Waals surface area contributed by atoms with E-state index in [1.807, 2.05) is 0 Å². The summed E-state index contributed by atoms with van der Waals surface area (Å²) >= 11 is 6.13. The molecule has 24 heavy (non-hydrogen) atoms. The maximum Gasteiger partial charge on any atom is 0.411 e. The van der Waals surface area contributed by atoms with Gasteiger partial charge in [-0.2, -0.15) is 0 Å². The van der Waals surface area contributed by atoms with E-state index in [0.717, 1.165) is 0 Å². The highest BCUT2D eigenvalue weighted by atomic mass is 35.5. The lowest BCUT2D eigenvalue weighted by Crippen LogP contribution is -2.13. The summed E-state index contributed by atoms with van der Waals surface area (Å²) in [5, 5.41) is 2.85. The quantitative estimate of drug-likeness (QED) is 0.787. The first kappa shape index (κ1) is 18.0. The van der Waals surface area contributed by atoms with Gasteiger partial charge in [-0.1, -0.05) is 29.3 Å². The average molecular weight is 356 g/mol. The predicted molar refractivity (Wildman–Crippen MR) is 87.9 cm³/mol. The number of ether oxygens (including phenoxy) is 2. The highest BCUT2D eigenvalue weighted by Crippen LogP contribution is 2.32. The molecule has 0 unspecified atom stereocenters. The van der Waals surface area contributed by atoms with Gasteiger partial charge in [0.1, 0.15) is 12.4 Å². The number of hydrogen-bond donors (Lipinski definition) is 1. The van der Waals surface area contributed by atoms with Crippen LogP contribution < -0.4 is 10.1 Å². The average Bonchev–Trinajstić information content (AvgIpc) is 2.55. The second kappa shape index (κ2) is 7.97. The molecule has 0 radical (unpaired) electrons. The van der Waals surface area contributed by atoms with E-state index in [-0.39, 0.29) is 17.9 Å². The van der Waals surface area contributed by atoms with Crippen LogP contribution in [-0.4, -0.2) is 13.2 Å². The van der Waals surface area contributed by atoms with Gasteiger partial charge >= 0.3 is 6.09 Å². The Morgan fingerprint density at radius 1 is 1.29 bits per heavy atom. The van der Waals surface area contributed by atoms with Gasteiger partial charge in [-0.3, -0.25) is 5.32 Å². The first-order valence-corrected chi connectivity index (χ1v) is 7.44. The Morgan fingerprint density at radius 3 is 2.71 bits per heavy atom. The number of nitrogens with one attached hydrogen (secondary N) is 1. The number of hydrogen-bond acceptors (Lipinski definition) is 3. The van der Waals surface area contributed by atoms with Crippen molar-refractivity contribution in [1.82, 2.24) is 0 Å². The number of carbonyl (C=O) groups excluding carboxylic acids is 1. The van der Waals surface area contributed by atoms with Crippen LogP contribution in [0, 0.1) is 6.92 Å². The van der Waals surface area contributed by atoms with Gasteiger partial charge < -0.3 is 9.47 Å². The van der Waals surface area contributed by atoms with Gasteiger partial charge in [0.25, 0.3) is 6.43 Å². The van der Waals surface area contributed by atoms with Crippen LogP contribution in [0.5, 0.6) is 5.75 Å². The molecule has 0 aromatic heterocycles. The number of alkyl halides is 2.